The van der Waals surface area contributed by atoms with Crippen molar-refractivity contribution in [3.8, 4) is 5.75 Å². The van der Waals surface area contributed by atoms with Gasteiger partial charge in [0, 0.05) is 12.8 Å². The first-order valence-corrected chi connectivity index (χ1v) is 10.3. The first kappa shape index (κ1) is 21.2. The number of aromatic nitrogens is 4. The molecular formula is C19H24N4O5S. The van der Waals surface area contributed by atoms with Crippen LogP contribution in [-0.2, 0) is 20.0 Å². The van der Waals surface area contributed by atoms with Gasteiger partial charge in [-0.2, -0.15) is 0 Å². The summed E-state index contributed by atoms with van der Waals surface area (Å²) in [4.78, 5) is 30.9. The van der Waals surface area contributed by atoms with Gasteiger partial charge >= 0.3 is 5.69 Å². The largest absolute Gasteiger partial charge is 0.491 e. The Hall–Kier alpha value is -2.56. The maximum Gasteiger partial charge on any atom is 0.329 e. The number of fused-ring (bicyclic) bond motifs is 1. The molecule has 2 aromatic heterocycles. The number of rotatable bonds is 9. The van der Waals surface area contributed by atoms with E-state index in [1.807, 2.05) is 24.3 Å². The van der Waals surface area contributed by atoms with E-state index >= 15 is 0 Å². The van der Waals surface area contributed by atoms with Crippen molar-refractivity contribution < 1.29 is 14.9 Å². The molecular weight excluding hydrogens is 396 g/mol. The van der Waals surface area contributed by atoms with Crippen LogP contribution in [0.5, 0.6) is 5.75 Å². The Morgan fingerprint density at radius 2 is 2.00 bits per heavy atom. The Balaban J connectivity index is 1.84. The van der Waals surface area contributed by atoms with Crippen molar-refractivity contribution >= 4 is 22.9 Å². The number of aliphatic hydroxyl groups is 2. The van der Waals surface area contributed by atoms with Crippen LogP contribution in [-0.4, -0.2) is 54.4 Å². The predicted octanol–water partition coefficient (Wildman–Crippen LogP) is 0.510. The highest BCUT2D eigenvalue weighted by Gasteiger charge is 2.20. The summed E-state index contributed by atoms with van der Waals surface area (Å²) in [5.41, 5.74) is 0.472. The van der Waals surface area contributed by atoms with Crippen molar-refractivity contribution in [1.29, 1.82) is 0 Å². The Morgan fingerprint density at radius 1 is 1.28 bits per heavy atom. The minimum absolute atomic E-state index is 0.0267. The third-order valence-corrected chi connectivity index (χ3v) is 5.42. The number of imidazole rings is 1. The van der Waals surface area contributed by atoms with Crippen molar-refractivity contribution in [2.75, 3.05) is 19.0 Å². The van der Waals surface area contributed by atoms with E-state index in [0.717, 1.165) is 6.42 Å². The summed E-state index contributed by atoms with van der Waals surface area (Å²) in [5, 5.41) is 20.1. The fourth-order valence-electron chi connectivity index (χ4n) is 2.91. The van der Waals surface area contributed by atoms with Gasteiger partial charge in [0.2, 0.25) is 0 Å². The average Bonchev–Trinajstić information content (AvgIpc) is 3.08. The van der Waals surface area contributed by atoms with E-state index < -0.39 is 17.4 Å². The quantitative estimate of drug-likeness (QED) is 0.431. The number of hydrogen-bond acceptors (Lipinski definition) is 7. The zero-order valence-corrected chi connectivity index (χ0v) is 17.1. The van der Waals surface area contributed by atoms with Crippen molar-refractivity contribution in [3.63, 3.8) is 0 Å². The predicted molar refractivity (Wildman–Crippen MR) is 111 cm³/mol. The molecule has 3 aromatic rings. The number of aromatic amines is 1. The molecule has 0 aliphatic heterocycles. The summed E-state index contributed by atoms with van der Waals surface area (Å²) >= 11 is 1.24. The summed E-state index contributed by atoms with van der Waals surface area (Å²) in [5.74, 6) is 1.01. The van der Waals surface area contributed by atoms with E-state index in [0.29, 0.717) is 16.7 Å². The summed E-state index contributed by atoms with van der Waals surface area (Å²) < 4.78 is 8.45. The first-order chi connectivity index (χ1) is 13.9. The van der Waals surface area contributed by atoms with Crippen LogP contribution in [0.2, 0.25) is 0 Å². The van der Waals surface area contributed by atoms with Crippen LogP contribution in [0.3, 0.4) is 0 Å². The lowest BCUT2D eigenvalue weighted by atomic mass is 10.2. The summed E-state index contributed by atoms with van der Waals surface area (Å²) in [6.45, 7) is 2.08. The number of hydrogen-bond donors (Lipinski definition) is 3. The second-order valence-corrected chi connectivity index (χ2v) is 7.59. The molecule has 0 spiro atoms. The van der Waals surface area contributed by atoms with Crippen molar-refractivity contribution in [3.05, 3.63) is 50.7 Å². The topological polar surface area (TPSA) is 122 Å². The van der Waals surface area contributed by atoms with E-state index in [9.17, 15) is 14.7 Å². The van der Waals surface area contributed by atoms with E-state index in [1.54, 1.807) is 4.57 Å². The normalized spacial score (nSPS) is 12.4. The van der Waals surface area contributed by atoms with Crippen LogP contribution in [0.15, 0.2) is 39.0 Å². The van der Waals surface area contributed by atoms with E-state index in [4.69, 9.17) is 9.84 Å². The highest BCUT2D eigenvalue weighted by atomic mass is 32.2. The number of benzene rings is 1. The van der Waals surface area contributed by atoms with Gasteiger partial charge in [-0.3, -0.25) is 14.3 Å². The third kappa shape index (κ3) is 4.72. The Morgan fingerprint density at radius 3 is 2.66 bits per heavy atom. The van der Waals surface area contributed by atoms with Crippen LogP contribution >= 0.6 is 11.8 Å². The van der Waals surface area contributed by atoms with Gasteiger partial charge in [0.1, 0.15) is 18.5 Å². The number of nitrogens with zero attached hydrogens (tertiary/aromatic N) is 3. The maximum absolute atomic E-state index is 12.4. The van der Waals surface area contributed by atoms with Gasteiger partial charge in [0.05, 0.1) is 13.2 Å². The molecule has 9 nitrogen and oxygen atoms in total. The second-order valence-electron chi connectivity index (χ2n) is 6.53. The molecule has 29 heavy (non-hydrogen) atoms. The average molecular weight is 420 g/mol. The molecule has 0 amide bonds. The van der Waals surface area contributed by atoms with Gasteiger partial charge in [-0.1, -0.05) is 30.8 Å². The SMILES string of the molecule is CCc1ccc(OC[C@H](O)Cn2c(SCCO)nc3c2c(=O)[nH]c(=O)n3C)cc1. The van der Waals surface area contributed by atoms with Crippen molar-refractivity contribution in [1.82, 2.24) is 19.1 Å². The summed E-state index contributed by atoms with van der Waals surface area (Å²) in [6.07, 6.45) is 0.0189. The van der Waals surface area contributed by atoms with Crippen molar-refractivity contribution in [2.45, 2.75) is 31.1 Å². The van der Waals surface area contributed by atoms with Crippen molar-refractivity contribution in [2.24, 2.45) is 7.05 Å². The molecule has 0 unspecified atom stereocenters. The monoisotopic (exact) mass is 420 g/mol. The van der Waals surface area contributed by atoms with E-state index in [2.05, 4.69) is 16.9 Å². The minimum atomic E-state index is -0.914. The van der Waals surface area contributed by atoms with Gasteiger partial charge in [-0.15, -0.1) is 0 Å². The van der Waals surface area contributed by atoms with Gasteiger partial charge < -0.3 is 19.5 Å². The molecule has 3 N–H and O–H groups in total. The third-order valence-electron chi connectivity index (χ3n) is 4.46. The van der Waals surface area contributed by atoms with E-state index in [1.165, 1.54) is 28.9 Å². The van der Waals surface area contributed by atoms with Crippen LogP contribution in [0, 0.1) is 0 Å². The molecule has 0 fully saturated rings. The fourth-order valence-corrected chi connectivity index (χ4v) is 3.65. The zero-order chi connectivity index (χ0) is 21.0. The van der Waals surface area contributed by atoms with Crippen LogP contribution in [0.4, 0.5) is 0 Å². The molecule has 0 aliphatic carbocycles. The summed E-state index contributed by atoms with van der Waals surface area (Å²) in [7, 11) is 1.51. The fraction of sp³-hybridized carbons (Fsp3) is 0.421. The number of aryl methyl sites for hydroxylation is 2. The Labute approximate surface area is 171 Å². The number of aliphatic hydroxyl groups excluding tert-OH is 2. The Kier molecular flexibility index (Phi) is 6.78. The lowest BCUT2D eigenvalue weighted by Crippen LogP contribution is -2.30. The smallest absolute Gasteiger partial charge is 0.329 e. The molecule has 10 heteroatoms. The molecule has 0 saturated heterocycles. The molecule has 3 rings (SSSR count). The standard InChI is InChI=1S/C19H24N4O5S/c1-3-12-4-6-14(7-5-12)28-11-13(25)10-23-15-16(20-19(23)29-9-8-24)22(2)18(27)21-17(15)26/h4-7,13,24-25H,3,8-11H2,1-2H3,(H,21,26,27)/t13-/m1/s1. The van der Waals surface area contributed by atoms with Crippen LogP contribution < -0.4 is 16.0 Å². The van der Waals surface area contributed by atoms with Crippen LogP contribution in [0.1, 0.15) is 12.5 Å². The summed E-state index contributed by atoms with van der Waals surface area (Å²) in [6, 6.07) is 7.63. The molecule has 0 saturated carbocycles. The van der Waals surface area contributed by atoms with Gasteiger partial charge in [0.15, 0.2) is 16.3 Å². The van der Waals surface area contributed by atoms with Gasteiger partial charge in [0.25, 0.3) is 5.56 Å². The molecule has 2 heterocycles. The molecule has 156 valence electrons. The van der Waals surface area contributed by atoms with Crippen LogP contribution in [0.25, 0.3) is 11.2 Å². The number of nitrogens with one attached hydrogen (secondary N) is 1. The lowest BCUT2D eigenvalue weighted by Gasteiger charge is -2.15. The number of thioether (sulfide) groups is 1. The highest BCUT2D eigenvalue weighted by Crippen LogP contribution is 2.22. The molecule has 0 aliphatic rings. The zero-order valence-electron chi connectivity index (χ0n) is 16.3. The molecule has 1 aromatic carbocycles. The Bertz CT molecular complexity index is 1090. The highest BCUT2D eigenvalue weighted by molar-refractivity contribution is 7.99. The second kappa shape index (κ2) is 9.29. The molecule has 1 atom stereocenters. The molecule has 0 bridgehead atoms. The van der Waals surface area contributed by atoms with Gasteiger partial charge in [-0.25, -0.2) is 9.78 Å². The number of ether oxygens (including phenoxy) is 1. The minimum Gasteiger partial charge on any atom is -0.491 e. The number of H-pyrrole nitrogens is 1. The van der Waals surface area contributed by atoms with Gasteiger partial charge in [-0.05, 0) is 24.1 Å². The van der Waals surface area contributed by atoms with E-state index in [-0.39, 0.29) is 30.9 Å². The maximum atomic E-state index is 12.4. The molecule has 0 radical (unpaired) electrons. The lowest BCUT2D eigenvalue weighted by molar-refractivity contribution is 0.0913. The first-order valence-electron chi connectivity index (χ1n) is 9.27.